The van der Waals surface area contributed by atoms with Crippen LogP contribution in [-0.2, 0) is 6.54 Å². The zero-order valence-electron chi connectivity index (χ0n) is 16.6. The molecule has 0 fully saturated rings. The Morgan fingerprint density at radius 2 is 2.00 bits per heavy atom. The van der Waals surface area contributed by atoms with Crippen molar-refractivity contribution in [2.24, 2.45) is 0 Å². The van der Waals surface area contributed by atoms with E-state index in [1.807, 2.05) is 61.5 Å². The fourth-order valence-electron chi connectivity index (χ4n) is 3.33. The zero-order valence-corrected chi connectivity index (χ0v) is 16.6. The molecule has 0 saturated heterocycles. The van der Waals surface area contributed by atoms with Gasteiger partial charge in [-0.25, -0.2) is 0 Å². The Morgan fingerprint density at radius 1 is 1.13 bits per heavy atom. The van der Waals surface area contributed by atoms with Crippen molar-refractivity contribution >= 4 is 22.3 Å². The molecule has 6 nitrogen and oxygen atoms in total. The number of aliphatic hydroxyl groups excluding tert-OH is 1. The Hall–Kier alpha value is -3.66. The van der Waals surface area contributed by atoms with Crippen LogP contribution in [0.4, 0.5) is 11.4 Å². The van der Waals surface area contributed by atoms with E-state index in [0.717, 1.165) is 44.9 Å². The summed E-state index contributed by atoms with van der Waals surface area (Å²) in [7, 11) is 0. The fraction of sp³-hybridized carbons (Fsp3) is 0.167. The molecule has 4 aromatic rings. The molecule has 3 N–H and O–H groups in total. The number of pyridine rings is 1. The van der Waals surface area contributed by atoms with Gasteiger partial charge in [0.25, 0.3) is 0 Å². The number of para-hydroxylation sites is 1. The number of hydrogen-bond acceptors (Lipinski definition) is 6. The van der Waals surface area contributed by atoms with Gasteiger partial charge < -0.3 is 20.2 Å². The number of fused-ring (bicyclic) bond motifs is 1. The van der Waals surface area contributed by atoms with Gasteiger partial charge in [0.1, 0.15) is 17.6 Å². The van der Waals surface area contributed by atoms with Crippen LogP contribution in [-0.4, -0.2) is 23.2 Å². The van der Waals surface area contributed by atoms with Gasteiger partial charge in [-0.15, -0.1) is 0 Å². The zero-order chi connectivity index (χ0) is 20.9. The quantitative estimate of drug-likeness (QED) is 0.397. The van der Waals surface area contributed by atoms with E-state index >= 15 is 0 Å². The molecule has 150 valence electrons. The number of nitrogens with one attached hydrogen (secondary N) is 2. The molecule has 0 unspecified atom stereocenters. The smallest absolute Gasteiger partial charge is 0.134 e. The summed E-state index contributed by atoms with van der Waals surface area (Å²) in [5.41, 5.74) is 4.98. The van der Waals surface area contributed by atoms with Crippen molar-refractivity contribution in [3.8, 4) is 17.4 Å². The van der Waals surface area contributed by atoms with Crippen LogP contribution in [0.2, 0.25) is 0 Å². The maximum atomic E-state index is 9.58. The van der Waals surface area contributed by atoms with E-state index in [0.29, 0.717) is 18.7 Å². The highest BCUT2D eigenvalue weighted by Crippen LogP contribution is 2.33. The largest absolute Gasteiger partial charge is 0.460 e. The van der Waals surface area contributed by atoms with Gasteiger partial charge in [-0.3, -0.25) is 4.98 Å². The van der Waals surface area contributed by atoms with Gasteiger partial charge in [0, 0.05) is 29.4 Å². The molecular formula is C24H22N4O2. The first-order valence-corrected chi connectivity index (χ1v) is 9.76. The summed E-state index contributed by atoms with van der Waals surface area (Å²) in [6.07, 6.45) is 1.60. The van der Waals surface area contributed by atoms with Crippen LogP contribution >= 0.6 is 0 Å². The van der Waals surface area contributed by atoms with E-state index in [1.165, 1.54) is 0 Å². The Labute approximate surface area is 174 Å². The summed E-state index contributed by atoms with van der Waals surface area (Å²) in [5, 5.41) is 25.8. The third-order valence-corrected chi connectivity index (χ3v) is 4.93. The average molecular weight is 398 g/mol. The summed E-state index contributed by atoms with van der Waals surface area (Å²) in [6.45, 7) is 3.20. The van der Waals surface area contributed by atoms with Crippen LogP contribution in [0.1, 0.15) is 16.9 Å². The standard InChI is InChI=1S/C24H22N4O2/c1-16-4-2-3-5-21(16)28-24-18(13-25)14-27-22-12-17(6-8-20(22)24)23-9-7-19(30-23)15-26-10-11-29/h2-9,12,14,26,29H,10-11,15H2,1H3,(H,27,28). The Morgan fingerprint density at radius 3 is 2.80 bits per heavy atom. The van der Waals surface area contributed by atoms with Crippen LogP contribution in [0.25, 0.3) is 22.2 Å². The summed E-state index contributed by atoms with van der Waals surface area (Å²) < 4.78 is 5.91. The van der Waals surface area contributed by atoms with Crippen molar-refractivity contribution in [2.75, 3.05) is 18.5 Å². The van der Waals surface area contributed by atoms with Gasteiger partial charge in [0.05, 0.1) is 29.9 Å². The Balaban J connectivity index is 1.69. The number of nitriles is 1. The van der Waals surface area contributed by atoms with E-state index in [4.69, 9.17) is 9.52 Å². The molecule has 2 heterocycles. The minimum atomic E-state index is 0.0907. The summed E-state index contributed by atoms with van der Waals surface area (Å²) in [5.74, 6) is 1.55. The number of aromatic nitrogens is 1. The van der Waals surface area contributed by atoms with Gasteiger partial charge in [-0.1, -0.05) is 24.3 Å². The van der Waals surface area contributed by atoms with Gasteiger partial charge >= 0.3 is 0 Å². The normalized spacial score (nSPS) is 10.8. The molecule has 0 amide bonds. The van der Waals surface area contributed by atoms with E-state index in [2.05, 4.69) is 21.7 Å². The predicted molar refractivity (Wildman–Crippen MR) is 117 cm³/mol. The lowest BCUT2D eigenvalue weighted by atomic mass is 10.1. The number of furan rings is 1. The maximum absolute atomic E-state index is 9.58. The molecule has 0 aliphatic rings. The highest BCUT2D eigenvalue weighted by atomic mass is 16.3. The summed E-state index contributed by atoms with van der Waals surface area (Å²) in [4.78, 5) is 4.49. The molecule has 0 bridgehead atoms. The minimum absolute atomic E-state index is 0.0907. The van der Waals surface area contributed by atoms with Crippen LogP contribution < -0.4 is 10.6 Å². The fourth-order valence-corrected chi connectivity index (χ4v) is 3.33. The van der Waals surface area contributed by atoms with Crippen molar-refractivity contribution in [1.29, 1.82) is 5.26 Å². The Bertz CT molecular complexity index is 1220. The van der Waals surface area contributed by atoms with Crippen molar-refractivity contribution in [3.05, 3.63) is 77.7 Å². The second-order valence-electron chi connectivity index (χ2n) is 7.00. The number of aryl methyl sites for hydroxylation is 1. The van der Waals surface area contributed by atoms with Gasteiger partial charge in [0.2, 0.25) is 0 Å². The van der Waals surface area contributed by atoms with Crippen LogP contribution in [0.5, 0.6) is 0 Å². The maximum Gasteiger partial charge on any atom is 0.134 e. The second-order valence-corrected chi connectivity index (χ2v) is 7.00. The predicted octanol–water partition coefficient (Wildman–Crippen LogP) is 4.50. The molecule has 6 heteroatoms. The number of aliphatic hydroxyl groups is 1. The van der Waals surface area contributed by atoms with E-state index in [1.54, 1.807) is 6.20 Å². The van der Waals surface area contributed by atoms with Crippen molar-refractivity contribution in [1.82, 2.24) is 10.3 Å². The second kappa shape index (κ2) is 8.78. The third-order valence-electron chi connectivity index (χ3n) is 4.93. The first kappa shape index (κ1) is 19.6. The Kier molecular flexibility index (Phi) is 5.75. The van der Waals surface area contributed by atoms with Crippen molar-refractivity contribution < 1.29 is 9.52 Å². The monoisotopic (exact) mass is 398 g/mol. The van der Waals surface area contributed by atoms with Crippen molar-refractivity contribution in [3.63, 3.8) is 0 Å². The molecule has 4 rings (SSSR count). The lowest BCUT2D eigenvalue weighted by molar-refractivity contribution is 0.290. The molecule has 2 aromatic carbocycles. The van der Waals surface area contributed by atoms with Crippen molar-refractivity contribution in [2.45, 2.75) is 13.5 Å². The number of hydrogen-bond donors (Lipinski definition) is 3. The average Bonchev–Trinajstić information content (AvgIpc) is 3.24. The highest BCUT2D eigenvalue weighted by Gasteiger charge is 2.12. The number of rotatable bonds is 7. The molecule has 0 saturated carbocycles. The number of anilines is 2. The van der Waals surface area contributed by atoms with Crippen LogP contribution in [0.15, 0.2) is 65.2 Å². The first-order chi connectivity index (χ1) is 14.7. The molecule has 0 atom stereocenters. The van der Waals surface area contributed by atoms with Gasteiger partial charge in [0.15, 0.2) is 0 Å². The lowest BCUT2D eigenvalue weighted by Gasteiger charge is -2.13. The summed E-state index contributed by atoms with van der Waals surface area (Å²) >= 11 is 0. The SMILES string of the molecule is Cc1ccccc1Nc1c(C#N)cnc2cc(-c3ccc(CNCCO)o3)ccc12. The van der Waals surface area contributed by atoms with Gasteiger partial charge in [-0.05, 0) is 42.8 Å². The molecule has 2 aromatic heterocycles. The lowest BCUT2D eigenvalue weighted by Crippen LogP contribution is -2.16. The topological polar surface area (TPSA) is 94.1 Å². The molecule has 0 spiro atoms. The molecule has 0 radical (unpaired) electrons. The molecule has 0 aliphatic heterocycles. The van der Waals surface area contributed by atoms with Crippen LogP contribution in [0.3, 0.4) is 0 Å². The van der Waals surface area contributed by atoms with E-state index in [-0.39, 0.29) is 6.61 Å². The molecule has 30 heavy (non-hydrogen) atoms. The highest BCUT2D eigenvalue weighted by molar-refractivity contribution is 5.97. The van der Waals surface area contributed by atoms with E-state index in [9.17, 15) is 5.26 Å². The number of benzene rings is 2. The summed E-state index contributed by atoms with van der Waals surface area (Å²) in [6, 6.07) is 19.9. The first-order valence-electron chi connectivity index (χ1n) is 9.76. The van der Waals surface area contributed by atoms with Gasteiger partial charge in [-0.2, -0.15) is 5.26 Å². The number of nitrogens with zero attached hydrogens (tertiary/aromatic N) is 2. The third kappa shape index (κ3) is 4.03. The minimum Gasteiger partial charge on any atom is -0.460 e. The van der Waals surface area contributed by atoms with Crippen LogP contribution in [0, 0.1) is 18.3 Å². The van der Waals surface area contributed by atoms with E-state index < -0.39 is 0 Å². The molecular weight excluding hydrogens is 376 g/mol. The molecule has 0 aliphatic carbocycles.